The highest BCUT2D eigenvalue weighted by atomic mass is 32.2. The molecule has 31 heavy (non-hydrogen) atoms. The maximum Gasteiger partial charge on any atom is 0.338 e. The van der Waals surface area contributed by atoms with Crippen molar-refractivity contribution in [2.45, 2.75) is 13.8 Å². The van der Waals surface area contributed by atoms with Crippen molar-refractivity contribution >= 4 is 40.6 Å². The third kappa shape index (κ3) is 5.36. The van der Waals surface area contributed by atoms with E-state index in [2.05, 4.69) is 10.9 Å². The standard InChI is InChI=1S/C24H22N2O4S/c1-4-14-30-20-13-8-7-10-17(20)16-21-22(27)26(5-2)24(31-21)25-19-12-9-11-18(15-19)23(28)29-6-3/h1,7-13,15-16H,5-6,14H2,2-3H3. The summed E-state index contributed by atoms with van der Waals surface area (Å²) in [4.78, 5) is 31.7. The molecular formula is C24H22N2O4S. The molecule has 2 aromatic rings. The topological polar surface area (TPSA) is 68.2 Å². The first-order valence-electron chi connectivity index (χ1n) is 9.80. The summed E-state index contributed by atoms with van der Waals surface area (Å²) in [5.74, 6) is 2.50. The minimum atomic E-state index is -0.406. The lowest BCUT2D eigenvalue weighted by atomic mass is 10.2. The number of amides is 1. The van der Waals surface area contributed by atoms with Crippen LogP contribution in [0.5, 0.6) is 5.75 Å². The minimum Gasteiger partial charge on any atom is -0.480 e. The van der Waals surface area contributed by atoms with Gasteiger partial charge in [-0.05, 0) is 56.0 Å². The summed E-state index contributed by atoms with van der Waals surface area (Å²) in [6.45, 7) is 4.55. The van der Waals surface area contributed by atoms with Gasteiger partial charge in [-0.15, -0.1) is 6.42 Å². The first-order valence-corrected chi connectivity index (χ1v) is 10.6. The lowest BCUT2D eigenvalue weighted by Gasteiger charge is -2.12. The lowest BCUT2D eigenvalue weighted by Crippen LogP contribution is -2.28. The van der Waals surface area contributed by atoms with Crippen molar-refractivity contribution < 1.29 is 19.1 Å². The molecule has 7 heteroatoms. The summed E-state index contributed by atoms with van der Waals surface area (Å²) in [6, 6.07) is 14.2. The van der Waals surface area contributed by atoms with Gasteiger partial charge in [0, 0.05) is 12.1 Å². The van der Waals surface area contributed by atoms with Gasteiger partial charge in [0.2, 0.25) is 0 Å². The van der Waals surface area contributed by atoms with Gasteiger partial charge in [0.05, 0.1) is 22.8 Å². The Morgan fingerprint density at radius 2 is 2.03 bits per heavy atom. The predicted molar refractivity (Wildman–Crippen MR) is 123 cm³/mol. The number of hydrogen-bond acceptors (Lipinski definition) is 6. The number of benzene rings is 2. The summed E-state index contributed by atoms with van der Waals surface area (Å²) < 4.78 is 10.6. The largest absolute Gasteiger partial charge is 0.480 e. The Kier molecular flexibility index (Phi) is 7.52. The highest BCUT2D eigenvalue weighted by Gasteiger charge is 2.32. The number of aliphatic imine (C=N–C) groups is 1. The van der Waals surface area contributed by atoms with Crippen molar-refractivity contribution in [3.63, 3.8) is 0 Å². The summed E-state index contributed by atoms with van der Waals surface area (Å²) in [7, 11) is 0. The Balaban J connectivity index is 1.91. The van der Waals surface area contributed by atoms with Crippen molar-refractivity contribution in [1.29, 1.82) is 0 Å². The van der Waals surface area contributed by atoms with E-state index >= 15 is 0 Å². The molecule has 6 nitrogen and oxygen atoms in total. The average Bonchev–Trinajstić information content (AvgIpc) is 3.07. The number of para-hydroxylation sites is 1. The average molecular weight is 435 g/mol. The molecular weight excluding hydrogens is 412 g/mol. The molecule has 2 aromatic carbocycles. The van der Waals surface area contributed by atoms with E-state index in [1.807, 2.05) is 25.1 Å². The molecule has 1 amide bonds. The lowest BCUT2D eigenvalue weighted by molar-refractivity contribution is -0.122. The van der Waals surface area contributed by atoms with E-state index in [0.29, 0.717) is 40.2 Å². The molecule has 0 aromatic heterocycles. The number of thioether (sulfide) groups is 1. The summed E-state index contributed by atoms with van der Waals surface area (Å²) in [5, 5.41) is 0.543. The Labute approximate surface area is 185 Å². The van der Waals surface area contributed by atoms with Crippen LogP contribution in [-0.4, -0.2) is 41.7 Å². The zero-order chi connectivity index (χ0) is 22.2. The molecule has 0 atom stereocenters. The van der Waals surface area contributed by atoms with Gasteiger partial charge in [0.1, 0.15) is 12.4 Å². The van der Waals surface area contributed by atoms with Gasteiger partial charge in [-0.1, -0.05) is 30.2 Å². The van der Waals surface area contributed by atoms with E-state index in [1.165, 1.54) is 11.8 Å². The van der Waals surface area contributed by atoms with E-state index in [9.17, 15) is 9.59 Å². The Bertz CT molecular complexity index is 1080. The summed E-state index contributed by atoms with van der Waals surface area (Å²) in [5.41, 5.74) is 1.74. The third-order valence-corrected chi connectivity index (χ3v) is 5.31. The van der Waals surface area contributed by atoms with Crippen LogP contribution in [0.1, 0.15) is 29.8 Å². The highest BCUT2D eigenvalue weighted by Crippen LogP contribution is 2.35. The molecule has 0 bridgehead atoms. The molecule has 1 fully saturated rings. The third-order valence-electron chi connectivity index (χ3n) is 4.30. The van der Waals surface area contributed by atoms with Crippen LogP contribution in [0.15, 0.2) is 58.4 Å². The smallest absolute Gasteiger partial charge is 0.338 e. The highest BCUT2D eigenvalue weighted by molar-refractivity contribution is 8.18. The SMILES string of the molecule is C#CCOc1ccccc1C=C1SC(=Nc2cccc(C(=O)OCC)c2)N(CC)C1=O. The van der Waals surface area contributed by atoms with E-state index in [1.54, 1.807) is 48.2 Å². The van der Waals surface area contributed by atoms with Crippen LogP contribution >= 0.6 is 11.8 Å². The molecule has 1 heterocycles. The second kappa shape index (κ2) is 10.5. The van der Waals surface area contributed by atoms with Crippen LogP contribution in [0.4, 0.5) is 5.69 Å². The van der Waals surface area contributed by atoms with Crippen molar-refractivity contribution in [1.82, 2.24) is 4.90 Å². The van der Waals surface area contributed by atoms with Gasteiger partial charge >= 0.3 is 5.97 Å². The van der Waals surface area contributed by atoms with Crippen molar-refractivity contribution in [3.8, 4) is 18.1 Å². The first kappa shape index (κ1) is 22.2. The molecule has 0 spiro atoms. The molecule has 0 aliphatic carbocycles. The van der Waals surface area contributed by atoms with E-state index < -0.39 is 5.97 Å². The van der Waals surface area contributed by atoms with Crippen LogP contribution in [0.2, 0.25) is 0 Å². The molecule has 1 saturated heterocycles. The van der Waals surface area contributed by atoms with Gasteiger partial charge in [0.15, 0.2) is 5.17 Å². The number of rotatable bonds is 7. The maximum absolute atomic E-state index is 12.9. The normalized spacial score (nSPS) is 15.9. The number of likely N-dealkylation sites (N-methyl/N-ethyl adjacent to an activating group) is 1. The molecule has 0 saturated carbocycles. The van der Waals surface area contributed by atoms with Gasteiger partial charge in [-0.3, -0.25) is 9.69 Å². The number of carbonyl (C=O) groups excluding carboxylic acids is 2. The van der Waals surface area contributed by atoms with Gasteiger partial charge in [-0.25, -0.2) is 9.79 Å². The van der Waals surface area contributed by atoms with Crippen molar-refractivity contribution in [3.05, 3.63) is 64.6 Å². The van der Waals surface area contributed by atoms with Gasteiger partial charge in [-0.2, -0.15) is 0 Å². The number of carbonyl (C=O) groups is 2. The Morgan fingerprint density at radius 1 is 1.23 bits per heavy atom. The maximum atomic E-state index is 12.9. The zero-order valence-electron chi connectivity index (χ0n) is 17.3. The quantitative estimate of drug-likeness (QED) is 0.365. The molecule has 1 aliphatic heterocycles. The van der Waals surface area contributed by atoms with Crippen molar-refractivity contribution in [2.75, 3.05) is 19.8 Å². The first-order chi connectivity index (χ1) is 15.1. The van der Waals surface area contributed by atoms with E-state index in [0.717, 1.165) is 5.56 Å². The fourth-order valence-corrected chi connectivity index (χ4v) is 3.94. The zero-order valence-corrected chi connectivity index (χ0v) is 18.1. The van der Waals surface area contributed by atoms with Crippen LogP contribution in [0, 0.1) is 12.3 Å². The number of nitrogens with zero attached hydrogens (tertiary/aromatic N) is 2. The molecule has 0 unspecified atom stereocenters. The molecule has 0 radical (unpaired) electrons. The fraction of sp³-hybridized carbons (Fsp3) is 0.208. The number of esters is 1. The van der Waals surface area contributed by atoms with Gasteiger partial charge < -0.3 is 9.47 Å². The molecule has 1 aliphatic rings. The van der Waals surface area contributed by atoms with E-state index in [-0.39, 0.29) is 12.5 Å². The summed E-state index contributed by atoms with van der Waals surface area (Å²) >= 11 is 1.27. The number of hydrogen-bond donors (Lipinski definition) is 0. The second-order valence-electron chi connectivity index (χ2n) is 6.36. The van der Waals surface area contributed by atoms with Crippen LogP contribution < -0.4 is 4.74 Å². The van der Waals surface area contributed by atoms with E-state index in [4.69, 9.17) is 15.9 Å². The van der Waals surface area contributed by atoms with Crippen LogP contribution in [0.25, 0.3) is 6.08 Å². The minimum absolute atomic E-state index is 0.139. The van der Waals surface area contributed by atoms with Crippen LogP contribution in [0.3, 0.4) is 0 Å². The fourth-order valence-electron chi connectivity index (χ4n) is 2.89. The second-order valence-corrected chi connectivity index (χ2v) is 7.36. The number of amidine groups is 1. The summed E-state index contributed by atoms with van der Waals surface area (Å²) in [6.07, 6.45) is 7.06. The Morgan fingerprint density at radius 3 is 2.77 bits per heavy atom. The Hall–Kier alpha value is -3.50. The number of terminal acetylenes is 1. The molecule has 158 valence electrons. The van der Waals surface area contributed by atoms with Gasteiger partial charge in [0.25, 0.3) is 5.91 Å². The van der Waals surface area contributed by atoms with Crippen molar-refractivity contribution in [2.24, 2.45) is 4.99 Å². The predicted octanol–water partition coefficient (Wildman–Crippen LogP) is 4.50. The number of ether oxygens (including phenoxy) is 2. The molecule has 3 rings (SSSR count). The van der Waals surface area contributed by atoms with Crippen LogP contribution in [-0.2, 0) is 9.53 Å². The monoisotopic (exact) mass is 434 g/mol. The molecule has 0 N–H and O–H groups in total.